The normalized spacial score (nSPS) is 11.6. The molecule has 0 fully saturated rings. The summed E-state index contributed by atoms with van der Waals surface area (Å²) in [4.78, 5) is 2.21. The van der Waals surface area contributed by atoms with Gasteiger partial charge in [-0.05, 0) is 40.5 Å². The number of rotatable bonds is 6. The van der Waals surface area contributed by atoms with Gasteiger partial charge in [0, 0.05) is 6.54 Å². The molecule has 0 unspecified atom stereocenters. The van der Waals surface area contributed by atoms with Crippen LogP contribution in [0.15, 0.2) is 12.2 Å². The van der Waals surface area contributed by atoms with Crippen LogP contribution in [-0.2, 0) is 0 Å². The van der Waals surface area contributed by atoms with E-state index in [4.69, 9.17) is 0 Å². The second kappa shape index (κ2) is 7.76. The molecule has 0 aliphatic carbocycles. The Bertz CT molecular complexity index is 97.7. The highest BCUT2D eigenvalue weighted by Crippen LogP contribution is 1.80. The van der Waals surface area contributed by atoms with E-state index >= 15 is 0 Å². The fraction of sp³-hybridized carbons (Fsp3) is 0.778. The van der Waals surface area contributed by atoms with Crippen LogP contribution in [-0.4, -0.2) is 38.6 Å². The van der Waals surface area contributed by atoms with Gasteiger partial charge in [0.15, 0.2) is 0 Å². The Labute approximate surface area is 70.3 Å². The van der Waals surface area contributed by atoms with Gasteiger partial charge >= 0.3 is 0 Å². The molecular weight excluding hydrogens is 136 g/mol. The van der Waals surface area contributed by atoms with E-state index in [1.165, 1.54) is 13.0 Å². The van der Waals surface area contributed by atoms with Crippen LogP contribution in [0.1, 0.15) is 13.3 Å². The second-order valence-corrected chi connectivity index (χ2v) is 2.93. The lowest BCUT2D eigenvalue weighted by molar-refractivity contribution is 0.396. The molecule has 11 heavy (non-hydrogen) atoms. The largest absolute Gasteiger partial charge is 0.313 e. The standard InChI is InChI=1S/C9H20N2/c1-4-5-7-10-8-6-9-11(2)3/h4-5,10H,6-9H2,1-3H3/b5-4-. The third kappa shape index (κ3) is 9.66. The molecule has 1 N–H and O–H groups in total. The number of hydrogen-bond acceptors (Lipinski definition) is 2. The minimum absolute atomic E-state index is 1.00. The topological polar surface area (TPSA) is 15.3 Å². The summed E-state index contributed by atoms with van der Waals surface area (Å²) in [6.45, 7) is 5.33. The van der Waals surface area contributed by atoms with Gasteiger partial charge in [0.1, 0.15) is 0 Å². The van der Waals surface area contributed by atoms with Crippen LogP contribution in [0, 0.1) is 0 Å². The lowest BCUT2D eigenvalue weighted by Gasteiger charge is -2.08. The highest BCUT2D eigenvalue weighted by atomic mass is 15.0. The summed E-state index contributed by atoms with van der Waals surface area (Å²) in [5.41, 5.74) is 0. The maximum atomic E-state index is 3.33. The molecule has 2 nitrogen and oxygen atoms in total. The molecule has 0 bridgehead atoms. The Balaban J connectivity index is 2.91. The van der Waals surface area contributed by atoms with Gasteiger partial charge in [-0.1, -0.05) is 12.2 Å². The average Bonchev–Trinajstić information content (AvgIpc) is 1.96. The van der Waals surface area contributed by atoms with Crippen LogP contribution >= 0.6 is 0 Å². The Kier molecular flexibility index (Phi) is 7.52. The molecule has 0 atom stereocenters. The van der Waals surface area contributed by atoms with Gasteiger partial charge < -0.3 is 10.2 Å². The number of hydrogen-bond donors (Lipinski definition) is 1. The van der Waals surface area contributed by atoms with E-state index in [1.54, 1.807) is 0 Å². The van der Waals surface area contributed by atoms with Gasteiger partial charge in [0.25, 0.3) is 0 Å². The molecule has 0 aromatic carbocycles. The molecule has 0 radical (unpaired) electrons. The molecule has 0 spiro atoms. The zero-order valence-corrected chi connectivity index (χ0v) is 7.93. The van der Waals surface area contributed by atoms with E-state index in [0.717, 1.165) is 13.1 Å². The summed E-state index contributed by atoms with van der Waals surface area (Å²) in [6.07, 6.45) is 5.43. The highest BCUT2D eigenvalue weighted by Gasteiger charge is 1.88. The van der Waals surface area contributed by atoms with Crippen molar-refractivity contribution < 1.29 is 0 Å². The number of nitrogens with zero attached hydrogens (tertiary/aromatic N) is 1. The lowest BCUT2D eigenvalue weighted by Crippen LogP contribution is -2.21. The Morgan fingerprint density at radius 1 is 1.36 bits per heavy atom. The Morgan fingerprint density at radius 2 is 2.09 bits per heavy atom. The molecule has 0 aromatic heterocycles. The maximum Gasteiger partial charge on any atom is 0.0134 e. The van der Waals surface area contributed by atoms with Crippen molar-refractivity contribution in [1.29, 1.82) is 0 Å². The van der Waals surface area contributed by atoms with Crippen molar-refractivity contribution in [1.82, 2.24) is 10.2 Å². The summed E-state index contributed by atoms with van der Waals surface area (Å²) >= 11 is 0. The van der Waals surface area contributed by atoms with Crippen LogP contribution in [0.2, 0.25) is 0 Å². The molecule has 0 heterocycles. The molecule has 0 saturated carbocycles. The zero-order valence-electron chi connectivity index (χ0n) is 7.93. The van der Waals surface area contributed by atoms with Crippen LogP contribution in [0.5, 0.6) is 0 Å². The molecule has 0 aliphatic heterocycles. The predicted molar refractivity (Wildman–Crippen MR) is 50.9 cm³/mol. The van der Waals surface area contributed by atoms with Gasteiger partial charge in [0.05, 0.1) is 0 Å². The summed E-state index contributed by atoms with van der Waals surface area (Å²) in [5.74, 6) is 0. The summed E-state index contributed by atoms with van der Waals surface area (Å²) in [7, 11) is 4.21. The SMILES string of the molecule is C/C=C\CNCCCN(C)C. The van der Waals surface area contributed by atoms with Gasteiger partial charge in [-0.15, -0.1) is 0 Å². The van der Waals surface area contributed by atoms with E-state index in [0.29, 0.717) is 0 Å². The monoisotopic (exact) mass is 156 g/mol. The van der Waals surface area contributed by atoms with Gasteiger partial charge in [0.2, 0.25) is 0 Å². The second-order valence-electron chi connectivity index (χ2n) is 2.93. The molecule has 66 valence electrons. The van der Waals surface area contributed by atoms with Gasteiger partial charge in [-0.3, -0.25) is 0 Å². The first-order valence-corrected chi connectivity index (χ1v) is 4.24. The Hall–Kier alpha value is -0.340. The van der Waals surface area contributed by atoms with E-state index in [2.05, 4.69) is 36.5 Å². The minimum atomic E-state index is 1.00. The average molecular weight is 156 g/mol. The molecule has 2 heteroatoms. The van der Waals surface area contributed by atoms with E-state index in [1.807, 2.05) is 6.92 Å². The maximum absolute atomic E-state index is 3.33. The van der Waals surface area contributed by atoms with Crippen LogP contribution in [0.25, 0.3) is 0 Å². The van der Waals surface area contributed by atoms with E-state index < -0.39 is 0 Å². The highest BCUT2D eigenvalue weighted by molar-refractivity contribution is 4.78. The Morgan fingerprint density at radius 3 is 2.64 bits per heavy atom. The third-order valence-corrected chi connectivity index (χ3v) is 1.46. The van der Waals surface area contributed by atoms with Crippen molar-refractivity contribution in [3.63, 3.8) is 0 Å². The zero-order chi connectivity index (χ0) is 8.53. The van der Waals surface area contributed by atoms with Crippen LogP contribution in [0.3, 0.4) is 0 Å². The van der Waals surface area contributed by atoms with Crippen LogP contribution in [0.4, 0.5) is 0 Å². The van der Waals surface area contributed by atoms with Crippen molar-refractivity contribution in [3.8, 4) is 0 Å². The summed E-state index contributed by atoms with van der Waals surface area (Å²) in [6, 6.07) is 0. The number of nitrogens with one attached hydrogen (secondary N) is 1. The van der Waals surface area contributed by atoms with Crippen molar-refractivity contribution in [2.24, 2.45) is 0 Å². The first kappa shape index (κ1) is 10.7. The van der Waals surface area contributed by atoms with Crippen molar-refractivity contribution in [2.45, 2.75) is 13.3 Å². The van der Waals surface area contributed by atoms with Gasteiger partial charge in [-0.2, -0.15) is 0 Å². The molecule has 0 amide bonds. The summed E-state index contributed by atoms with van der Waals surface area (Å²) in [5, 5.41) is 3.33. The van der Waals surface area contributed by atoms with Crippen LogP contribution < -0.4 is 5.32 Å². The summed E-state index contributed by atoms with van der Waals surface area (Å²) < 4.78 is 0. The molecule has 0 aromatic rings. The third-order valence-electron chi connectivity index (χ3n) is 1.46. The first-order chi connectivity index (χ1) is 5.27. The minimum Gasteiger partial charge on any atom is -0.313 e. The van der Waals surface area contributed by atoms with Gasteiger partial charge in [-0.25, -0.2) is 0 Å². The predicted octanol–water partition coefficient (Wildman–Crippen LogP) is 1.10. The lowest BCUT2D eigenvalue weighted by atomic mass is 10.4. The van der Waals surface area contributed by atoms with E-state index in [-0.39, 0.29) is 0 Å². The first-order valence-electron chi connectivity index (χ1n) is 4.24. The van der Waals surface area contributed by atoms with E-state index in [9.17, 15) is 0 Å². The fourth-order valence-corrected chi connectivity index (χ4v) is 0.824. The number of allylic oxidation sites excluding steroid dienone is 1. The van der Waals surface area contributed by atoms with Crippen molar-refractivity contribution in [2.75, 3.05) is 33.7 Å². The fourth-order valence-electron chi connectivity index (χ4n) is 0.824. The quantitative estimate of drug-likeness (QED) is 0.458. The molecule has 0 rings (SSSR count). The smallest absolute Gasteiger partial charge is 0.0134 e. The molecule has 0 saturated heterocycles. The van der Waals surface area contributed by atoms with Crippen molar-refractivity contribution in [3.05, 3.63) is 12.2 Å². The molecule has 0 aliphatic rings. The van der Waals surface area contributed by atoms with Crippen molar-refractivity contribution >= 4 is 0 Å². The molecular formula is C9H20N2.